The fourth-order valence-electron chi connectivity index (χ4n) is 4.11. The van der Waals surface area contributed by atoms with E-state index in [-0.39, 0.29) is 5.41 Å². The van der Waals surface area contributed by atoms with Gasteiger partial charge in [-0.3, -0.25) is 5.14 Å². The Morgan fingerprint density at radius 1 is 1.10 bits per heavy atom. The summed E-state index contributed by atoms with van der Waals surface area (Å²) in [6.07, 6.45) is 7.67. The summed E-state index contributed by atoms with van der Waals surface area (Å²) in [4.78, 5) is 0. The molecule has 3 nitrogen and oxygen atoms in total. The Morgan fingerprint density at radius 2 is 1.76 bits per heavy atom. The number of nitrogens with two attached hydrogens (primary N) is 1. The molecule has 0 bridgehead atoms. The second-order valence-corrected chi connectivity index (χ2v) is 7.51. The van der Waals surface area contributed by atoms with Crippen LogP contribution in [0.2, 0.25) is 0 Å². The van der Waals surface area contributed by atoms with Gasteiger partial charge >= 0.3 is 0 Å². The van der Waals surface area contributed by atoms with Crippen molar-refractivity contribution in [2.45, 2.75) is 38.5 Å². The number of hydrogen-bond donors (Lipinski definition) is 2. The highest BCUT2D eigenvalue weighted by Gasteiger charge is 2.38. The van der Waals surface area contributed by atoms with Crippen LogP contribution in [0, 0.1) is 5.41 Å². The first kappa shape index (κ1) is 13.9. The number of anilines is 1. The van der Waals surface area contributed by atoms with E-state index in [4.69, 9.17) is 9.88 Å². The van der Waals surface area contributed by atoms with Crippen LogP contribution in [0.15, 0.2) is 6.07 Å². The lowest BCUT2D eigenvalue weighted by molar-refractivity contribution is -0.0893. The van der Waals surface area contributed by atoms with Gasteiger partial charge in [0, 0.05) is 23.4 Å². The molecule has 3 aliphatic rings. The predicted octanol–water partition coefficient (Wildman–Crippen LogP) is 2.70. The molecule has 0 atom stereocenters. The fraction of sp³-hybridized carbons (Fsp3) is 0.647. The Morgan fingerprint density at radius 3 is 2.29 bits per heavy atom. The maximum atomic E-state index is 5.71. The van der Waals surface area contributed by atoms with Gasteiger partial charge in [-0.2, -0.15) is 0 Å². The maximum Gasteiger partial charge on any atom is 0.0570 e. The Kier molecular flexibility index (Phi) is 3.64. The van der Waals surface area contributed by atoms with E-state index in [0.29, 0.717) is 0 Å². The molecule has 0 radical (unpaired) electrons. The summed E-state index contributed by atoms with van der Waals surface area (Å²) >= 11 is 1.45. The molecular formula is C17H24N2OS. The molecule has 2 aliphatic carbocycles. The summed E-state index contributed by atoms with van der Waals surface area (Å²) in [5, 5.41) is 9.53. The lowest BCUT2D eigenvalue weighted by atomic mass is 9.87. The number of hydrogen-bond acceptors (Lipinski definition) is 4. The molecule has 4 heteroatoms. The van der Waals surface area contributed by atoms with E-state index in [0.717, 1.165) is 25.5 Å². The number of ether oxygens (including phenoxy) is 1. The highest BCUT2D eigenvalue weighted by Crippen LogP contribution is 2.40. The smallest absolute Gasteiger partial charge is 0.0570 e. The molecule has 0 saturated carbocycles. The number of nitrogens with one attached hydrogen (secondary N) is 1. The molecule has 1 aromatic rings. The van der Waals surface area contributed by atoms with Crippen LogP contribution in [0.5, 0.6) is 0 Å². The van der Waals surface area contributed by atoms with Gasteiger partial charge in [0.2, 0.25) is 0 Å². The van der Waals surface area contributed by atoms with Gasteiger partial charge in [0.15, 0.2) is 0 Å². The van der Waals surface area contributed by atoms with Crippen molar-refractivity contribution in [3.8, 4) is 0 Å². The predicted molar refractivity (Wildman–Crippen MR) is 88.9 cm³/mol. The van der Waals surface area contributed by atoms with Crippen LogP contribution in [0.25, 0.3) is 0 Å². The van der Waals surface area contributed by atoms with E-state index in [1.807, 2.05) is 0 Å². The lowest BCUT2D eigenvalue weighted by Crippen LogP contribution is -2.50. The van der Waals surface area contributed by atoms with Gasteiger partial charge in [-0.15, -0.1) is 0 Å². The van der Waals surface area contributed by atoms with Crippen LogP contribution in [0.4, 0.5) is 5.69 Å². The standard InChI is InChI=1S/C17H24N2OS/c18-21-11-17(9-20-10-17)8-19-16-14-5-1-3-12(14)7-13-4-2-6-15(13)16/h7,19H,1-6,8-11,18H2. The zero-order chi connectivity index (χ0) is 14.3. The van der Waals surface area contributed by atoms with Gasteiger partial charge in [-0.1, -0.05) is 18.0 Å². The zero-order valence-electron chi connectivity index (χ0n) is 12.5. The van der Waals surface area contributed by atoms with E-state index in [1.165, 1.54) is 56.2 Å². The van der Waals surface area contributed by atoms with Crippen LogP contribution in [-0.2, 0) is 30.4 Å². The van der Waals surface area contributed by atoms with Crippen molar-refractivity contribution in [1.82, 2.24) is 0 Å². The van der Waals surface area contributed by atoms with E-state index < -0.39 is 0 Å². The monoisotopic (exact) mass is 304 g/mol. The summed E-state index contributed by atoms with van der Waals surface area (Å²) in [5.74, 6) is 0.983. The van der Waals surface area contributed by atoms with E-state index >= 15 is 0 Å². The van der Waals surface area contributed by atoms with Crippen molar-refractivity contribution in [2.75, 3.05) is 30.8 Å². The summed E-state index contributed by atoms with van der Waals surface area (Å²) in [7, 11) is 0. The Hall–Kier alpha value is -0.710. The molecule has 0 aromatic heterocycles. The molecule has 114 valence electrons. The van der Waals surface area contributed by atoms with Gasteiger partial charge < -0.3 is 10.1 Å². The minimum Gasteiger partial charge on any atom is -0.384 e. The summed E-state index contributed by atoms with van der Waals surface area (Å²) in [5.41, 5.74) is 8.13. The van der Waals surface area contributed by atoms with Crippen molar-refractivity contribution in [3.63, 3.8) is 0 Å². The van der Waals surface area contributed by atoms with E-state index in [9.17, 15) is 0 Å². The minimum absolute atomic E-state index is 0.242. The highest BCUT2D eigenvalue weighted by molar-refractivity contribution is 7.97. The van der Waals surface area contributed by atoms with Crippen molar-refractivity contribution in [2.24, 2.45) is 10.6 Å². The molecule has 1 saturated heterocycles. The normalized spacial score (nSPS) is 21.8. The zero-order valence-corrected chi connectivity index (χ0v) is 13.4. The lowest BCUT2D eigenvalue weighted by Gasteiger charge is -2.41. The molecule has 0 unspecified atom stereocenters. The molecule has 1 aliphatic heterocycles. The molecular weight excluding hydrogens is 280 g/mol. The average Bonchev–Trinajstić information content (AvgIpc) is 3.08. The first-order valence-corrected chi connectivity index (χ1v) is 9.16. The third-order valence-electron chi connectivity index (χ3n) is 5.32. The number of aryl methyl sites for hydroxylation is 2. The van der Waals surface area contributed by atoms with Crippen LogP contribution >= 0.6 is 11.9 Å². The Bertz CT molecular complexity index is 522. The molecule has 1 aromatic carbocycles. The largest absolute Gasteiger partial charge is 0.384 e. The highest BCUT2D eigenvalue weighted by atomic mass is 32.2. The number of benzene rings is 1. The number of fused-ring (bicyclic) bond motifs is 2. The number of rotatable bonds is 5. The summed E-state index contributed by atoms with van der Waals surface area (Å²) < 4.78 is 5.46. The Labute approximate surface area is 131 Å². The third kappa shape index (κ3) is 2.37. The van der Waals surface area contributed by atoms with Gasteiger partial charge in [-0.25, -0.2) is 0 Å². The maximum absolute atomic E-state index is 5.71. The second kappa shape index (κ2) is 5.49. The SMILES string of the molecule is NSCC1(CNc2c3c(cc4c2CCC4)CCC3)COC1. The van der Waals surface area contributed by atoms with Crippen LogP contribution in [0.3, 0.4) is 0 Å². The molecule has 1 heterocycles. The molecule has 21 heavy (non-hydrogen) atoms. The van der Waals surface area contributed by atoms with Crippen LogP contribution in [0.1, 0.15) is 35.1 Å². The van der Waals surface area contributed by atoms with Gasteiger partial charge in [0.05, 0.1) is 13.2 Å². The molecule has 0 amide bonds. The fourth-order valence-corrected chi connectivity index (χ4v) is 4.73. The first-order valence-electron chi connectivity index (χ1n) is 8.11. The minimum atomic E-state index is 0.242. The van der Waals surface area contributed by atoms with Crippen LogP contribution < -0.4 is 10.5 Å². The van der Waals surface area contributed by atoms with Crippen LogP contribution in [-0.4, -0.2) is 25.5 Å². The molecule has 3 N–H and O–H groups in total. The average molecular weight is 304 g/mol. The molecule has 0 spiro atoms. The first-order chi connectivity index (χ1) is 10.3. The van der Waals surface area contributed by atoms with Gasteiger partial charge in [0.25, 0.3) is 0 Å². The van der Waals surface area contributed by atoms with Crippen molar-refractivity contribution in [1.29, 1.82) is 0 Å². The summed E-state index contributed by atoms with van der Waals surface area (Å²) in [6, 6.07) is 2.49. The quantitative estimate of drug-likeness (QED) is 0.821. The molecule has 4 rings (SSSR count). The summed E-state index contributed by atoms with van der Waals surface area (Å²) in [6.45, 7) is 2.70. The van der Waals surface area contributed by atoms with E-state index in [2.05, 4.69) is 11.4 Å². The third-order valence-corrected chi connectivity index (χ3v) is 6.10. The molecule has 1 fully saturated rings. The van der Waals surface area contributed by atoms with Gasteiger partial charge in [0.1, 0.15) is 0 Å². The van der Waals surface area contributed by atoms with Crippen molar-refractivity contribution in [3.05, 3.63) is 28.3 Å². The van der Waals surface area contributed by atoms with Crippen molar-refractivity contribution >= 4 is 17.6 Å². The van der Waals surface area contributed by atoms with Crippen molar-refractivity contribution < 1.29 is 4.74 Å². The topological polar surface area (TPSA) is 47.3 Å². The van der Waals surface area contributed by atoms with Gasteiger partial charge in [-0.05, 0) is 60.8 Å². The Balaban J connectivity index is 1.60. The van der Waals surface area contributed by atoms with E-state index in [1.54, 1.807) is 22.3 Å². The second-order valence-electron chi connectivity index (χ2n) is 6.89.